The summed E-state index contributed by atoms with van der Waals surface area (Å²) in [6.45, 7) is 2.01. The lowest BCUT2D eigenvalue weighted by atomic mass is 9.93. The standard InChI is InChI=1S/C16H18N2O4/c1-11-2-5-13(16(20)21)9-18(11)15(19)10-22-14-6-3-12(8-17)4-7-14/h3-4,6-7,11,13H,2,5,9-10H2,1H3,(H,20,21). The summed E-state index contributed by atoms with van der Waals surface area (Å²) in [5.74, 6) is -1.08. The van der Waals surface area contributed by atoms with Gasteiger partial charge in [0.2, 0.25) is 0 Å². The van der Waals surface area contributed by atoms with Gasteiger partial charge in [-0.05, 0) is 44.0 Å². The highest BCUT2D eigenvalue weighted by Crippen LogP contribution is 2.22. The molecule has 0 aliphatic carbocycles. The molecular formula is C16H18N2O4. The second-order valence-corrected chi connectivity index (χ2v) is 5.43. The number of nitrogens with zero attached hydrogens (tertiary/aromatic N) is 2. The number of amides is 1. The van der Waals surface area contributed by atoms with Crippen LogP contribution in [0.1, 0.15) is 25.3 Å². The van der Waals surface area contributed by atoms with Gasteiger partial charge in [0.25, 0.3) is 5.91 Å². The maximum Gasteiger partial charge on any atom is 0.308 e. The van der Waals surface area contributed by atoms with Crippen LogP contribution >= 0.6 is 0 Å². The van der Waals surface area contributed by atoms with Gasteiger partial charge in [0.15, 0.2) is 6.61 Å². The van der Waals surface area contributed by atoms with Crippen molar-refractivity contribution >= 4 is 11.9 Å². The Balaban J connectivity index is 1.92. The van der Waals surface area contributed by atoms with E-state index in [0.717, 1.165) is 0 Å². The summed E-state index contributed by atoms with van der Waals surface area (Å²) in [4.78, 5) is 24.9. The molecule has 1 aliphatic heterocycles. The first-order valence-electron chi connectivity index (χ1n) is 7.16. The highest BCUT2D eigenvalue weighted by molar-refractivity contribution is 5.79. The van der Waals surface area contributed by atoms with Crippen molar-refractivity contribution in [3.8, 4) is 11.8 Å². The third-order valence-electron chi connectivity index (χ3n) is 3.90. The molecule has 0 saturated carbocycles. The van der Waals surface area contributed by atoms with Gasteiger partial charge in [0.1, 0.15) is 5.75 Å². The molecule has 0 radical (unpaired) electrons. The number of aliphatic carboxylic acids is 1. The molecule has 1 aromatic rings. The van der Waals surface area contributed by atoms with Crippen LogP contribution in [0.4, 0.5) is 0 Å². The summed E-state index contributed by atoms with van der Waals surface area (Å²) in [6.07, 6.45) is 1.27. The number of benzene rings is 1. The SMILES string of the molecule is CC1CCC(C(=O)O)CN1C(=O)COc1ccc(C#N)cc1. The highest BCUT2D eigenvalue weighted by Gasteiger charge is 2.32. The summed E-state index contributed by atoms with van der Waals surface area (Å²) in [6, 6.07) is 8.52. The van der Waals surface area contributed by atoms with Gasteiger partial charge in [-0.25, -0.2) is 0 Å². The van der Waals surface area contributed by atoms with Crippen LogP contribution in [0.25, 0.3) is 0 Å². The molecule has 0 bridgehead atoms. The van der Waals surface area contributed by atoms with Gasteiger partial charge in [-0.1, -0.05) is 0 Å². The Morgan fingerprint density at radius 2 is 2.05 bits per heavy atom. The number of hydrogen-bond acceptors (Lipinski definition) is 4. The molecule has 2 rings (SSSR count). The van der Waals surface area contributed by atoms with Crippen LogP contribution in [0.5, 0.6) is 5.75 Å². The number of likely N-dealkylation sites (tertiary alicyclic amines) is 1. The maximum absolute atomic E-state index is 12.2. The smallest absolute Gasteiger partial charge is 0.308 e. The van der Waals surface area contributed by atoms with Crippen molar-refractivity contribution in [3.63, 3.8) is 0 Å². The molecule has 1 heterocycles. The monoisotopic (exact) mass is 302 g/mol. The molecule has 1 N–H and O–H groups in total. The van der Waals surface area contributed by atoms with Crippen molar-refractivity contribution in [1.29, 1.82) is 5.26 Å². The van der Waals surface area contributed by atoms with Crippen LogP contribution in [-0.4, -0.2) is 41.1 Å². The molecule has 0 aromatic heterocycles. The van der Waals surface area contributed by atoms with Gasteiger partial charge in [-0.3, -0.25) is 9.59 Å². The Bertz CT molecular complexity index is 591. The Morgan fingerprint density at radius 3 is 2.64 bits per heavy atom. The van der Waals surface area contributed by atoms with Crippen LogP contribution in [0.2, 0.25) is 0 Å². The van der Waals surface area contributed by atoms with E-state index in [2.05, 4.69) is 0 Å². The van der Waals surface area contributed by atoms with E-state index < -0.39 is 11.9 Å². The maximum atomic E-state index is 12.2. The average Bonchev–Trinajstić information content (AvgIpc) is 2.53. The first-order chi connectivity index (χ1) is 10.5. The number of ether oxygens (including phenoxy) is 1. The van der Waals surface area contributed by atoms with E-state index in [0.29, 0.717) is 24.2 Å². The molecule has 6 nitrogen and oxygen atoms in total. The zero-order chi connectivity index (χ0) is 16.1. The predicted molar refractivity (Wildman–Crippen MR) is 78.2 cm³/mol. The number of carbonyl (C=O) groups is 2. The lowest BCUT2D eigenvalue weighted by molar-refractivity contribution is -0.147. The van der Waals surface area contributed by atoms with E-state index in [1.807, 2.05) is 13.0 Å². The molecular weight excluding hydrogens is 284 g/mol. The fourth-order valence-electron chi connectivity index (χ4n) is 2.51. The van der Waals surface area contributed by atoms with Crippen LogP contribution in [0, 0.1) is 17.2 Å². The molecule has 1 amide bonds. The van der Waals surface area contributed by atoms with Crippen molar-refractivity contribution in [3.05, 3.63) is 29.8 Å². The zero-order valence-electron chi connectivity index (χ0n) is 12.4. The molecule has 6 heteroatoms. The second-order valence-electron chi connectivity index (χ2n) is 5.43. The largest absolute Gasteiger partial charge is 0.484 e. The molecule has 2 unspecified atom stereocenters. The predicted octanol–water partition coefficient (Wildman–Crippen LogP) is 1.65. The normalized spacial score (nSPS) is 21.0. The van der Waals surface area contributed by atoms with Gasteiger partial charge in [0, 0.05) is 12.6 Å². The van der Waals surface area contributed by atoms with Crippen LogP contribution in [-0.2, 0) is 9.59 Å². The Kier molecular flexibility index (Phi) is 4.99. The lowest BCUT2D eigenvalue weighted by Crippen LogP contribution is -2.49. The van der Waals surface area contributed by atoms with Gasteiger partial charge in [-0.2, -0.15) is 5.26 Å². The lowest BCUT2D eigenvalue weighted by Gasteiger charge is -2.36. The van der Waals surface area contributed by atoms with Crippen molar-refractivity contribution in [2.24, 2.45) is 5.92 Å². The van der Waals surface area contributed by atoms with Crippen LogP contribution in [0.15, 0.2) is 24.3 Å². The number of piperidine rings is 1. The second kappa shape index (κ2) is 6.94. The van der Waals surface area contributed by atoms with Gasteiger partial charge < -0.3 is 14.7 Å². The Morgan fingerprint density at radius 1 is 1.36 bits per heavy atom. The fourth-order valence-corrected chi connectivity index (χ4v) is 2.51. The first kappa shape index (κ1) is 15.8. The Hall–Kier alpha value is -2.55. The van der Waals surface area contributed by atoms with Crippen LogP contribution in [0.3, 0.4) is 0 Å². The van der Waals surface area contributed by atoms with Gasteiger partial charge in [-0.15, -0.1) is 0 Å². The molecule has 1 fully saturated rings. The molecule has 22 heavy (non-hydrogen) atoms. The van der Waals surface area contributed by atoms with E-state index in [1.54, 1.807) is 29.2 Å². The molecule has 1 aliphatic rings. The van der Waals surface area contributed by atoms with Crippen molar-refractivity contribution in [2.75, 3.05) is 13.2 Å². The highest BCUT2D eigenvalue weighted by atomic mass is 16.5. The van der Waals surface area contributed by atoms with Gasteiger partial charge >= 0.3 is 5.97 Å². The average molecular weight is 302 g/mol. The van der Waals surface area contributed by atoms with E-state index >= 15 is 0 Å². The van der Waals surface area contributed by atoms with E-state index in [1.165, 1.54) is 0 Å². The third-order valence-corrected chi connectivity index (χ3v) is 3.90. The number of nitriles is 1. The van der Waals surface area contributed by atoms with Crippen molar-refractivity contribution < 1.29 is 19.4 Å². The van der Waals surface area contributed by atoms with E-state index in [4.69, 9.17) is 15.1 Å². The zero-order valence-corrected chi connectivity index (χ0v) is 12.4. The minimum Gasteiger partial charge on any atom is -0.484 e. The molecule has 1 saturated heterocycles. The summed E-state index contributed by atoms with van der Waals surface area (Å²) >= 11 is 0. The number of carboxylic acids is 1. The van der Waals surface area contributed by atoms with E-state index in [-0.39, 0.29) is 25.1 Å². The fraction of sp³-hybridized carbons (Fsp3) is 0.438. The minimum atomic E-state index is -0.863. The quantitative estimate of drug-likeness (QED) is 0.913. The summed E-state index contributed by atoms with van der Waals surface area (Å²) < 4.78 is 5.42. The van der Waals surface area contributed by atoms with Gasteiger partial charge in [0.05, 0.1) is 17.6 Å². The summed E-state index contributed by atoms with van der Waals surface area (Å²) in [7, 11) is 0. The molecule has 2 atom stereocenters. The van der Waals surface area contributed by atoms with Crippen molar-refractivity contribution in [1.82, 2.24) is 4.90 Å². The molecule has 1 aromatic carbocycles. The molecule has 0 spiro atoms. The summed E-state index contributed by atoms with van der Waals surface area (Å²) in [5.41, 5.74) is 0.521. The number of carboxylic acid groups (broad SMARTS) is 1. The van der Waals surface area contributed by atoms with Crippen molar-refractivity contribution in [2.45, 2.75) is 25.8 Å². The third kappa shape index (κ3) is 3.76. The number of rotatable bonds is 4. The van der Waals surface area contributed by atoms with Crippen LogP contribution < -0.4 is 4.74 Å². The van der Waals surface area contributed by atoms with E-state index in [9.17, 15) is 9.59 Å². The molecule has 116 valence electrons. The summed E-state index contributed by atoms with van der Waals surface area (Å²) in [5, 5.41) is 17.8. The topological polar surface area (TPSA) is 90.6 Å². The minimum absolute atomic E-state index is 0.0210. The first-order valence-corrected chi connectivity index (χ1v) is 7.16. The number of hydrogen-bond donors (Lipinski definition) is 1. The number of carbonyl (C=O) groups excluding carboxylic acids is 1. The Labute approximate surface area is 128 Å².